The molecule has 94 valence electrons. The van der Waals surface area contributed by atoms with Gasteiger partial charge in [0, 0.05) is 10.2 Å². The number of hydrogen-bond acceptors (Lipinski definition) is 3. The lowest BCUT2D eigenvalue weighted by molar-refractivity contribution is -0.115. The van der Waals surface area contributed by atoms with Gasteiger partial charge in [-0.2, -0.15) is 0 Å². The fourth-order valence-electron chi connectivity index (χ4n) is 1.05. The van der Waals surface area contributed by atoms with E-state index in [4.69, 9.17) is 0 Å². The first-order valence-electron chi connectivity index (χ1n) is 4.95. The van der Waals surface area contributed by atoms with Crippen LogP contribution in [0.2, 0.25) is 0 Å². The number of nitrogens with one attached hydrogen (secondary N) is 2. The Kier molecular flexibility index (Phi) is 5.10. The fraction of sp³-hybridized carbons (Fsp3) is 0.300. The summed E-state index contributed by atoms with van der Waals surface area (Å²) >= 11 is 3.27. The summed E-state index contributed by atoms with van der Waals surface area (Å²) in [5, 5.41) is 2.58. The molecule has 0 aliphatic heterocycles. The van der Waals surface area contributed by atoms with E-state index in [0.29, 0.717) is 5.69 Å². The molecule has 1 aromatic carbocycles. The number of benzene rings is 1. The molecule has 1 aromatic rings. The Morgan fingerprint density at radius 2 is 2.12 bits per heavy atom. The van der Waals surface area contributed by atoms with Crippen molar-refractivity contribution >= 4 is 37.5 Å². The van der Waals surface area contributed by atoms with Gasteiger partial charge in [0.2, 0.25) is 15.9 Å². The lowest BCUT2D eigenvalue weighted by Crippen LogP contribution is -2.33. The van der Waals surface area contributed by atoms with Gasteiger partial charge in [-0.15, -0.1) is 0 Å². The van der Waals surface area contributed by atoms with Crippen molar-refractivity contribution in [3.63, 3.8) is 0 Å². The maximum Gasteiger partial charge on any atom is 0.239 e. The van der Waals surface area contributed by atoms with Gasteiger partial charge in [-0.05, 0) is 25.1 Å². The van der Waals surface area contributed by atoms with Crippen molar-refractivity contribution in [2.45, 2.75) is 6.92 Å². The number of halogens is 1. The van der Waals surface area contributed by atoms with Gasteiger partial charge in [0.05, 0.1) is 12.3 Å². The normalized spacial score (nSPS) is 11.2. The van der Waals surface area contributed by atoms with Gasteiger partial charge in [0.1, 0.15) is 0 Å². The van der Waals surface area contributed by atoms with Crippen molar-refractivity contribution in [1.82, 2.24) is 4.72 Å². The van der Waals surface area contributed by atoms with Crippen LogP contribution in [0.25, 0.3) is 0 Å². The van der Waals surface area contributed by atoms with Gasteiger partial charge >= 0.3 is 0 Å². The van der Waals surface area contributed by atoms with Crippen LogP contribution in [0.3, 0.4) is 0 Å². The molecule has 1 amide bonds. The van der Waals surface area contributed by atoms with E-state index in [2.05, 4.69) is 26.0 Å². The second-order valence-electron chi connectivity index (χ2n) is 3.28. The molecular weight excluding hydrogens is 308 g/mol. The molecule has 0 saturated heterocycles. The summed E-state index contributed by atoms with van der Waals surface area (Å²) in [6, 6.07) is 7.05. The topological polar surface area (TPSA) is 75.3 Å². The molecule has 0 radical (unpaired) electrons. The zero-order chi connectivity index (χ0) is 12.9. The SMILES string of the molecule is CCS(=O)(=O)NCC(=O)Nc1cccc(Br)c1. The van der Waals surface area contributed by atoms with Gasteiger partial charge in [0.15, 0.2) is 0 Å². The zero-order valence-electron chi connectivity index (χ0n) is 9.23. The van der Waals surface area contributed by atoms with Crippen LogP contribution in [0.5, 0.6) is 0 Å². The van der Waals surface area contributed by atoms with Crippen molar-refractivity contribution in [3.8, 4) is 0 Å². The van der Waals surface area contributed by atoms with Crippen molar-refractivity contribution < 1.29 is 13.2 Å². The largest absolute Gasteiger partial charge is 0.325 e. The molecule has 0 aromatic heterocycles. The first kappa shape index (κ1) is 14.1. The summed E-state index contributed by atoms with van der Waals surface area (Å²) < 4.78 is 25.3. The van der Waals surface area contributed by atoms with Crippen molar-refractivity contribution in [3.05, 3.63) is 28.7 Å². The minimum absolute atomic E-state index is 0.0445. The van der Waals surface area contributed by atoms with E-state index in [0.717, 1.165) is 4.47 Å². The highest BCUT2D eigenvalue weighted by Crippen LogP contribution is 2.15. The van der Waals surface area contributed by atoms with E-state index in [-0.39, 0.29) is 12.3 Å². The lowest BCUT2D eigenvalue weighted by Gasteiger charge is -2.06. The quantitative estimate of drug-likeness (QED) is 0.859. The third-order valence-corrected chi connectivity index (χ3v) is 3.78. The number of sulfonamides is 1. The van der Waals surface area contributed by atoms with Crippen LogP contribution in [0.15, 0.2) is 28.7 Å². The first-order chi connectivity index (χ1) is 7.93. The minimum Gasteiger partial charge on any atom is -0.325 e. The summed E-state index contributed by atoms with van der Waals surface area (Å²) in [6.07, 6.45) is 0. The van der Waals surface area contributed by atoms with Gasteiger partial charge in [-0.25, -0.2) is 13.1 Å². The second-order valence-corrected chi connectivity index (χ2v) is 6.29. The van der Waals surface area contributed by atoms with Crippen LogP contribution in [-0.4, -0.2) is 26.6 Å². The summed E-state index contributed by atoms with van der Waals surface area (Å²) in [4.78, 5) is 11.4. The Balaban J connectivity index is 2.51. The summed E-state index contributed by atoms with van der Waals surface area (Å²) in [6.45, 7) is 1.25. The number of carbonyl (C=O) groups is 1. The molecule has 17 heavy (non-hydrogen) atoms. The van der Waals surface area contributed by atoms with E-state index in [1.165, 1.54) is 6.92 Å². The van der Waals surface area contributed by atoms with Crippen molar-refractivity contribution in [2.75, 3.05) is 17.6 Å². The number of hydrogen-bond donors (Lipinski definition) is 2. The van der Waals surface area contributed by atoms with Crippen LogP contribution in [-0.2, 0) is 14.8 Å². The van der Waals surface area contributed by atoms with E-state index in [9.17, 15) is 13.2 Å². The standard InChI is InChI=1S/C10H13BrN2O3S/c1-2-17(15,16)12-7-10(14)13-9-5-3-4-8(11)6-9/h3-6,12H,2,7H2,1H3,(H,13,14). The Bertz CT molecular complexity index is 502. The first-order valence-corrected chi connectivity index (χ1v) is 7.40. The Labute approximate surface area is 109 Å². The lowest BCUT2D eigenvalue weighted by atomic mass is 10.3. The Morgan fingerprint density at radius 1 is 1.41 bits per heavy atom. The molecule has 0 bridgehead atoms. The minimum atomic E-state index is -3.34. The van der Waals surface area contributed by atoms with E-state index in [1.807, 2.05) is 6.07 Å². The van der Waals surface area contributed by atoms with Gasteiger partial charge in [-0.3, -0.25) is 4.79 Å². The molecule has 0 fully saturated rings. The van der Waals surface area contributed by atoms with Gasteiger partial charge in [-0.1, -0.05) is 22.0 Å². The number of carbonyl (C=O) groups excluding carboxylic acids is 1. The molecule has 0 heterocycles. The highest BCUT2D eigenvalue weighted by Gasteiger charge is 2.09. The number of anilines is 1. The molecule has 7 heteroatoms. The number of amides is 1. The molecule has 0 unspecified atom stereocenters. The highest BCUT2D eigenvalue weighted by molar-refractivity contribution is 9.10. The third-order valence-electron chi connectivity index (χ3n) is 1.94. The summed E-state index contributed by atoms with van der Waals surface area (Å²) in [7, 11) is -3.34. The molecule has 2 N–H and O–H groups in total. The van der Waals surface area contributed by atoms with Crippen LogP contribution in [0.4, 0.5) is 5.69 Å². The third kappa shape index (κ3) is 5.29. The summed E-state index contributed by atoms with van der Waals surface area (Å²) in [5.41, 5.74) is 0.611. The average Bonchev–Trinajstić information content (AvgIpc) is 2.27. The van der Waals surface area contributed by atoms with Gasteiger partial charge < -0.3 is 5.32 Å². The smallest absolute Gasteiger partial charge is 0.239 e. The monoisotopic (exact) mass is 320 g/mol. The van der Waals surface area contributed by atoms with Crippen molar-refractivity contribution in [2.24, 2.45) is 0 Å². The molecular formula is C10H13BrN2O3S. The molecule has 0 saturated carbocycles. The predicted molar refractivity (Wildman–Crippen MR) is 70.2 cm³/mol. The highest BCUT2D eigenvalue weighted by atomic mass is 79.9. The van der Waals surface area contributed by atoms with Crippen LogP contribution in [0.1, 0.15) is 6.92 Å². The molecule has 0 atom stereocenters. The van der Waals surface area contributed by atoms with Gasteiger partial charge in [0.25, 0.3) is 0 Å². The predicted octanol–water partition coefficient (Wildman–Crippen LogP) is 1.33. The molecule has 1 rings (SSSR count). The molecule has 0 spiro atoms. The van der Waals surface area contributed by atoms with Crippen LogP contribution in [0, 0.1) is 0 Å². The molecule has 5 nitrogen and oxygen atoms in total. The zero-order valence-corrected chi connectivity index (χ0v) is 11.6. The molecule has 0 aliphatic rings. The van der Waals surface area contributed by atoms with E-state index in [1.54, 1.807) is 18.2 Å². The maximum atomic E-state index is 11.4. The van der Waals surface area contributed by atoms with Crippen LogP contribution >= 0.6 is 15.9 Å². The number of rotatable bonds is 5. The Morgan fingerprint density at radius 3 is 2.71 bits per heavy atom. The fourth-order valence-corrected chi connectivity index (χ4v) is 2.00. The average molecular weight is 321 g/mol. The molecule has 0 aliphatic carbocycles. The Hall–Kier alpha value is -0.920. The second kappa shape index (κ2) is 6.13. The van der Waals surface area contributed by atoms with Crippen molar-refractivity contribution in [1.29, 1.82) is 0 Å². The van der Waals surface area contributed by atoms with E-state index < -0.39 is 15.9 Å². The summed E-state index contributed by atoms with van der Waals surface area (Å²) in [5.74, 6) is -0.447. The van der Waals surface area contributed by atoms with E-state index >= 15 is 0 Å². The maximum absolute atomic E-state index is 11.4. The van der Waals surface area contributed by atoms with Crippen LogP contribution < -0.4 is 10.0 Å².